The SMILES string of the molecule is CC(C)C(NC(=O)c1ccc(Cl)cc1)C(N)=S. The highest BCUT2D eigenvalue weighted by Gasteiger charge is 2.19. The molecule has 3 nitrogen and oxygen atoms in total. The molecule has 5 heteroatoms. The van der Waals surface area contributed by atoms with Gasteiger partial charge in [0.2, 0.25) is 0 Å². The Morgan fingerprint density at radius 2 is 1.88 bits per heavy atom. The van der Waals surface area contributed by atoms with Crippen molar-refractivity contribution in [3.8, 4) is 0 Å². The maximum absolute atomic E-state index is 11.9. The second-order valence-corrected chi connectivity index (χ2v) is 5.01. The Balaban J connectivity index is 2.77. The van der Waals surface area contributed by atoms with Gasteiger partial charge in [0.1, 0.15) is 0 Å². The fraction of sp³-hybridized carbons (Fsp3) is 0.333. The summed E-state index contributed by atoms with van der Waals surface area (Å²) in [5, 5.41) is 3.40. The third-order valence-electron chi connectivity index (χ3n) is 2.37. The molecule has 0 aliphatic carbocycles. The first-order valence-corrected chi connectivity index (χ1v) is 6.06. The Morgan fingerprint density at radius 3 is 2.29 bits per heavy atom. The predicted molar refractivity (Wildman–Crippen MR) is 74.3 cm³/mol. The van der Waals surface area contributed by atoms with Gasteiger partial charge in [-0.3, -0.25) is 4.79 Å². The van der Waals surface area contributed by atoms with E-state index in [0.29, 0.717) is 15.6 Å². The Bertz CT molecular complexity index is 417. The number of nitrogens with one attached hydrogen (secondary N) is 1. The Morgan fingerprint density at radius 1 is 1.35 bits per heavy atom. The highest BCUT2D eigenvalue weighted by Crippen LogP contribution is 2.10. The van der Waals surface area contributed by atoms with Crippen LogP contribution in [0.4, 0.5) is 0 Å². The second kappa shape index (κ2) is 5.98. The monoisotopic (exact) mass is 270 g/mol. The van der Waals surface area contributed by atoms with Gasteiger partial charge in [-0.1, -0.05) is 37.7 Å². The molecule has 1 rings (SSSR count). The van der Waals surface area contributed by atoms with Crippen molar-refractivity contribution in [2.45, 2.75) is 19.9 Å². The maximum atomic E-state index is 11.9. The minimum absolute atomic E-state index is 0.156. The van der Waals surface area contributed by atoms with E-state index in [1.807, 2.05) is 13.8 Å². The molecular formula is C12H15ClN2OS. The fourth-order valence-corrected chi connectivity index (χ4v) is 1.85. The molecule has 0 spiro atoms. The highest BCUT2D eigenvalue weighted by atomic mass is 35.5. The molecule has 92 valence electrons. The van der Waals surface area contributed by atoms with Crippen molar-refractivity contribution in [3.05, 3.63) is 34.9 Å². The van der Waals surface area contributed by atoms with Crippen molar-refractivity contribution in [2.75, 3.05) is 0 Å². The first-order valence-electron chi connectivity index (χ1n) is 5.27. The minimum atomic E-state index is -0.298. The van der Waals surface area contributed by atoms with Crippen LogP contribution in [-0.4, -0.2) is 16.9 Å². The zero-order valence-corrected chi connectivity index (χ0v) is 11.3. The first kappa shape index (κ1) is 13.9. The Hall–Kier alpha value is -1.13. The summed E-state index contributed by atoms with van der Waals surface area (Å²) in [5.41, 5.74) is 6.12. The number of benzene rings is 1. The normalized spacial score (nSPS) is 12.2. The van der Waals surface area contributed by atoms with Crippen LogP contribution in [-0.2, 0) is 0 Å². The number of carbonyl (C=O) groups is 1. The van der Waals surface area contributed by atoms with Crippen LogP contribution in [0.3, 0.4) is 0 Å². The van der Waals surface area contributed by atoms with Crippen LogP contribution in [0, 0.1) is 5.92 Å². The molecule has 0 saturated heterocycles. The fourth-order valence-electron chi connectivity index (χ4n) is 1.39. The quantitative estimate of drug-likeness (QED) is 0.826. The number of nitrogens with two attached hydrogens (primary N) is 1. The largest absolute Gasteiger partial charge is 0.392 e. The molecule has 1 amide bonds. The van der Waals surface area contributed by atoms with E-state index in [1.165, 1.54) is 0 Å². The number of thiocarbonyl (C=S) groups is 1. The van der Waals surface area contributed by atoms with Gasteiger partial charge in [0, 0.05) is 10.6 Å². The van der Waals surface area contributed by atoms with E-state index in [-0.39, 0.29) is 17.9 Å². The molecule has 1 unspecified atom stereocenters. The third-order valence-corrected chi connectivity index (χ3v) is 2.87. The number of amides is 1. The lowest BCUT2D eigenvalue weighted by Crippen LogP contribution is -2.46. The molecule has 1 aromatic carbocycles. The zero-order valence-electron chi connectivity index (χ0n) is 9.74. The van der Waals surface area contributed by atoms with Gasteiger partial charge in [-0.2, -0.15) is 0 Å². The molecule has 17 heavy (non-hydrogen) atoms. The van der Waals surface area contributed by atoms with Crippen LogP contribution in [0.1, 0.15) is 24.2 Å². The summed E-state index contributed by atoms with van der Waals surface area (Å²) in [6.45, 7) is 3.90. The first-order chi connectivity index (χ1) is 7.91. The molecule has 0 saturated carbocycles. The Kier molecular flexibility index (Phi) is 4.90. The molecule has 0 aromatic heterocycles. The van der Waals surface area contributed by atoms with E-state index in [0.717, 1.165) is 0 Å². The van der Waals surface area contributed by atoms with Crippen molar-refractivity contribution in [1.82, 2.24) is 5.32 Å². The molecule has 0 aliphatic rings. The van der Waals surface area contributed by atoms with Gasteiger partial charge < -0.3 is 11.1 Å². The molecule has 3 N–H and O–H groups in total. The molecule has 0 fully saturated rings. The van der Waals surface area contributed by atoms with E-state index in [2.05, 4.69) is 5.32 Å². The average molecular weight is 271 g/mol. The van der Waals surface area contributed by atoms with E-state index in [1.54, 1.807) is 24.3 Å². The van der Waals surface area contributed by atoms with Crippen molar-refractivity contribution in [2.24, 2.45) is 11.7 Å². The van der Waals surface area contributed by atoms with E-state index in [9.17, 15) is 4.79 Å². The van der Waals surface area contributed by atoms with Gasteiger partial charge >= 0.3 is 0 Å². The van der Waals surface area contributed by atoms with Crippen LogP contribution in [0.2, 0.25) is 5.02 Å². The number of halogens is 1. The summed E-state index contributed by atoms with van der Waals surface area (Å²) < 4.78 is 0. The molecule has 1 atom stereocenters. The van der Waals surface area contributed by atoms with Crippen LogP contribution < -0.4 is 11.1 Å². The van der Waals surface area contributed by atoms with Crippen molar-refractivity contribution in [1.29, 1.82) is 0 Å². The molecule has 0 heterocycles. The average Bonchev–Trinajstić information content (AvgIpc) is 2.25. The molecule has 1 aromatic rings. The van der Waals surface area contributed by atoms with Crippen LogP contribution in [0.5, 0.6) is 0 Å². The Labute approximate surface area is 111 Å². The van der Waals surface area contributed by atoms with Gasteiger partial charge in [-0.25, -0.2) is 0 Å². The summed E-state index contributed by atoms with van der Waals surface area (Å²) in [4.78, 5) is 12.2. The lowest BCUT2D eigenvalue weighted by molar-refractivity contribution is 0.0940. The number of carbonyl (C=O) groups excluding carboxylic acids is 1. The van der Waals surface area contributed by atoms with Gasteiger partial charge in [-0.15, -0.1) is 0 Å². The van der Waals surface area contributed by atoms with Crippen molar-refractivity contribution >= 4 is 34.7 Å². The third kappa shape index (κ3) is 3.98. The summed E-state index contributed by atoms with van der Waals surface area (Å²) in [5.74, 6) is -0.0445. The van der Waals surface area contributed by atoms with E-state index in [4.69, 9.17) is 29.6 Å². The summed E-state index contributed by atoms with van der Waals surface area (Å²) in [7, 11) is 0. The molecule has 0 aliphatic heterocycles. The lowest BCUT2D eigenvalue weighted by atomic mass is 10.0. The van der Waals surface area contributed by atoms with Crippen LogP contribution >= 0.6 is 23.8 Å². The number of hydrogen-bond donors (Lipinski definition) is 2. The van der Waals surface area contributed by atoms with Crippen molar-refractivity contribution < 1.29 is 4.79 Å². The summed E-state index contributed by atoms with van der Waals surface area (Å²) in [6.07, 6.45) is 0. The number of hydrogen-bond acceptors (Lipinski definition) is 2. The van der Waals surface area contributed by atoms with Gasteiger partial charge in [0.25, 0.3) is 5.91 Å². The van der Waals surface area contributed by atoms with E-state index < -0.39 is 0 Å². The maximum Gasteiger partial charge on any atom is 0.251 e. The molecular weight excluding hydrogens is 256 g/mol. The van der Waals surface area contributed by atoms with Gasteiger partial charge in [0.15, 0.2) is 0 Å². The smallest absolute Gasteiger partial charge is 0.251 e. The van der Waals surface area contributed by atoms with Crippen molar-refractivity contribution in [3.63, 3.8) is 0 Å². The van der Waals surface area contributed by atoms with Gasteiger partial charge in [0.05, 0.1) is 11.0 Å². The molecule has 0 radical (unpaired) electrons. The topological polar surface area (TPSA) is 55.1 Å². The zero-order chi connectivity index (χ0) is 13.0. The minimum Gasteiger partial charge on any atom is -0.392 e. The second-order valence-electron chi connectivity index (χ2n) is 4.10. The van der Waals surface area contributed by atoms with Crippen LogP contribution in [0.15, 0.2) is 24.3 Å². The summed E-state index contributed by atoms with van der Waals surface area (Å²) in [6, 6.07) is 6.36. The summed E-state index contributed by atoms with van der Waals surface area (Å²) >= 11 is 10.7. The van der Waals surface area contributed by atoms with Crippen LogP contribution in [0.25, 0.3) is 0 Å². The predicted octanol–water partition coefficient (Wildman–Crippen LogP) is 2.38. The standard InChI is InChI=1S/C12H15ClN2OS/c1-7(2)10(11(14)17)15-12(16)8-3-5-9(13)6-4-8/h3-7,10H,1-2H3,(H2,14,17)(H,15,16). The molecule has 0 bridgehead atoms. The highest BCUT2D eigenvalue weighted by molar-refractivity contribution is 7.80. The van der Waals surface area contributed by atoms with E-state index >= 15 is 0 Å². The number of rotatable bonds is 4. The van der Waals surface area contributed by atoms with Gasteiger partial charge in [-0.05, 0) is 30.2 Å². The lowest BCUT2D eigenvalue weighted by Gasteiger charge is -2.21.